The van der Waals surface area contributed by atoms with Crippen LogP contribution in [0.25, 0.3) is 10.9 Å². The Labute approximate surface area is 172 Å². The van der Waals surface area contributed by atoms with E-state index in [-0.39, 0.29) is 11.9 Å². The van der Waals surface area contributed by atoms with E-state index >= 15 is 0 Å². The van der Waals surface area contributed by atoms with Crippen LogP contribution in [-0.4, -0.2) is 48.2 Å². The Morgan fingerprint density at radius 1 is 1.14 bits per heavy atom. The van der Waals surface area contributed by atoms with Crippen LogP contribution in [0.3, 0.4) is 0 Å². The molecule has 29 heavy (non-hydrogen) atoms. The number of fused-ring (bicyclic) bond motifs is 1. The molecule has 4 rings (SSSR count). The third kappa shape index (κ3) is 4.52. The fourth-order valence-electron chi connectivity index (χ4n) is 4.12. The minimum atomic E-state index is -0.0222. The number of rotatable bonds is 6. The average Bonchev–Trinajstić information content (AvgIpc) is 3.05. The molecule has 1 fully saturated rings. The number of aryl methyl sites for hydroxylation is 2. The van der Waals surface area contributed by atoms with Gasteiger partial charge in [0.2, 0.25) is 0 Å². The molecule has 0 bridgehead atoms. The lowest BCUT2D eigenvalue weighted by molar-refractivity contribution is 0.0360. The lowest BCUT2D eigenvalue weighted by Crippen LogP contribution is -2.39. The van der Waals surface area contributed by atoms with E-state index in [0.29, 0.717) is 5.56 Å². The van der Waals surface area contributed by atoms with Crippen LogP contribution in [0.15, 0.2) is 54.7 Å². The number of benzene rings is 2. The minimum absolute atomic E-state index is 0.0147. The summed E-state index contributed by atoms with van der Waals surface area (Å²) in [6.07, 6.45) is 2.98. The summed E-state index contributed by atoms with van der Waals surface area (Å²) in [5.41, 5.74) is 4.18. The molecule has 0 aliphatic carbocycles. The maximum Gasteiger partial charge on any atom is 0.251 e. The van der Waals surface area contributed by atoms with E-state index in [1.165, 1.54) is 5.56 Å². The zero-order chi connectivity index (χ0) is 20.2. The van der Waals surface area contributed by atoms with Gasteiger partial charge in [-0.3, -0.25) is 9.69 Å². The molecule has 0 radical (unpaired) electrons. The predicted octanol–water partition coefficient (Wildman–Crippen LogP) is 3.68. The van der Waals surface area contributed by atoms with Crippen molar-refractivity contribution in [2.45, 2.75) is 19.4 Å². The third-order valence-corrected chi connectivity index (χ3v) is 5.80. The van der Waals surface area contributed by atoms with Crippen molar-refractivity contribution >= 4 is 16.8 Å². The smallest absolute Gasteiger partial charge is 0.251 e. The number of hydrogen-bond acceptors (Lipinski definition) is 3. The van der Waals surface area contributed by atoms with Gasteiger partial charge >= 0.3 is 0 Å². The molecule has 2 aromatic carbocycles. The van der Waals surface area contributed by atoms with Gasteiger partial charge in [0, 0.05) is 49.3 Å². The Hall–Kier alpha value is -2.63. The van der Waals surface area contributed by atoms with Crippen molar-refractivity contribution in [3.05, 3.63) is 71.4 Å². The number of morpholine rings is 1. The highest BCUT2D eigenvalue weighted by Gasteiger charge is 2.19. The molecule has 1 unspecified atom stereocenters. The molecule has 3 aromatic rings. The molecular formula is C24H29N3O2. The number of nitrogens with zero attached hydrogens (tertiary/aromatic N) is 2. The molecule has 1 aromatic heterocycles. The zero-order valence-corrected chi connectivity index (χ0v) is 17.2. The lowest BCUT2D eigenvalue weighted by Gasteiger charge is -2.29. The maximum atomic E-state index is 13.1. The van der Waals surface area contributed by atoms with Gasteiger partial charge in [0.15, 0.2) is 0 Å². The number of nitrogens with one attached hydrogen (secondary N) is 1. The SMILES string of the molecule is Cc1cn(C)c2ccc(C(=O)NC(CCN3CCOCC3)c3ccccc3)cc12. The second-order valence-electron chi connectivity index (χ2n) is 7.83. The molecule has 0 spiro atoms. The highest BCUT2D eigenvalue weighted by molar-refractivity contribution is 5.99. The van der Waals surface area contributed by atoms with Crippen LogP contribution >= 0.6 is 0 Å². The molecule has 1 N–H and O–H groups in total. The van der Waals surface area contributed by atoms with Crippen molar-refractivity contribution in [3.63, 3.8) is 0 Å². The molecule has 5 heteroatoms. The maximum absolute atomic E-state index is 13.1. The number of ether oxygens (including phenoxy) is 1. The zero-order valence-electron chi connectivity index (χ0n) is 17.2. The summed E-state index contributed by atoms with van der Waals surface area (Å²) in [7, 11) is 2.03. The number of aromatic nitrogens is 1. The van der Waals surface area contributed by atoms with Crippen LogP contribution in [0.4, 0.5) is 0 Å². The van der Waals surface area contributed by atoms with Crippen molar-refractivity contribution in [3.8, 4) is 0 Å². The van der Waals surface area contributed by atoms with Crippen molar-refractivity contribution in [2.24, 2.45) is 7.05 Å². The van der Waals surface area contributed by atoms with E-state index in [1.807, 2.05) is 43.4 Å². The van der Waals surface area contributed by atoms with Crippen LogP contribution in [0.5, 0.6) is 0 Å². The quantitative estimate of drug-likeness (QED) is 0.697. The molecule has 1 amide bonds. The third-order valence-electron chi connectivity index (χ3n) is 5.80. The molecule has 5 nitrogen and oxygen atoms in total. The van der Waals surface area contributed by atoms with Gasteiger partial charge in [0.05, 0.1) is 19.3 Å². The molecule has 0 saturated carbocycles. The van der Waals surface area contributed by atoms with E-state index in [4.69, 9.17) is 4.74 Å². The summed E-state index contributed by atoms with van der Waals surface area (Å²) in [5.74, 6) is -0.0222. The largest absolute Gasteiger partial charge is 0.379 e. The Morgan fingerprint density at radius 2 is 1.90 bits per heavy atom. The highest BCUT2D eigenvalue weighted by atomic mass is 16.5. The summed E-state index contributed by atoms with van der Waals surface area (Å²) < 4.78 is 7.55. The van der Waals surface area contributed by atoms with Gasteiger partial charge in [0.25, 0.3) is 5.91 Å². The Balaban J connectivity index is 1.51. The van der Waals surface area contributed by atoms with Gasteiger partial charge < -0.3 is 14.6 Å². The molecule has 1 saturated heterocycles. The molecular weight excluding hydrogens is 362 g/mol. The Morgan fingerprint density at radius 3 is 2.66 bits per heavy atom. The van der Waals surface area contributed by atoms with E-state index in [9.17, 15) is 4.79 Å². The van der Waals surface area contributed by atoms with Crippen LogP contribution < -0.4 is 5.32 Å². The van der Waals surface area contributed by atoms with Gasteiger partial charge in [-0.15, -0.1) is 0 Å². The van der Waals surface area contributed by atoms with Crippen molar-refractivity contribution in [1.29, 1.82) is 0 Å². The standard InChI is InChI=1S/C24H29N3O2/c1-18-17-26(2)23-9-8-20(16-21(18)23)24(28)25-22(19-6-4-3-5-7-19)10-11-27-12-14-29-15-13-27/h3-9,16-17,22H,10-15H2,1-2H3,(H,25,28). The van der Waals surface area contributed by atoms with Gasteiger partial charge in [-0.1, -0.05) is 30.3 Å². The normalized spacial score (nSPS) is 16.1. The molecule has 1 aliphatic rings. The second-order valence-corrected chi connectivity index (χ2v) is 7.83. The van der Waals surface area contributed by atoms with E-state index in [0.717, 1.165) is 55.7 Å². The number of hydrogen-bond donors (Lipinski definition) is 1. The minimum Gasteiger partial charge on any atom is -0.379 e. The first kappa shape index (κ1) is 19.7. The van der Waals surface area contributed by atoms with Crippen LogP contribution in [-0.2, 0) is 11.8 Å². The summed E-state index contributed by atoms with van der Waals surface area (Å²) in [4.78, 5) is 15.5. The molecule has 1 aliphatic heterocycles. The van der Waals surface area contributed by atoms with Crippen molar-refractivity contribution in [2.75, 3.05) is 32.8 Å². The van der Waals surface area contributed by atoms with Gasteiger partial charge in [0.1, 0.15) is 0 Å². The van der Waals surface area contributed by atoms with Gasteiger partial charge in [-0.05, 0) is 42.7 Å². The van der Waals surface area contributed by atoms with E-state index in [2.05, 4.69) is 40.0 Å². The second kappa shape index (κ2) is 8.80. The van der Waals surface area contributed by atoms with Crippen molar-refractivity contribution < 1.29 is 9.53 Å². The summed E-state index contributed by atoms with van der Waals surface area (Å²) in [6, 6.07) is 16.2. The predicted molar refractivity (Wildman–Crippen MR) is 116 cm³/mol. The van der Waals surface area contributed by atoms with E-state index < -0.39 is 0 Å². The average molecular weight is 392 g/mol. The number of amides is 1. The summed E-state index contributed by atoms with van der Waals surface area (Å²) in [5, 5.41) is 4.41. The lowest BCUT2D eigenvalue weighted by atomic mass is 10.0. The fraction of sp³-hybridized carbons (Fsp3) is 0.375. The van der Waals surface area contributed by atoms with Gasteiger partial charge in [-0.2, -0.15) is 0 Å². The summed E-state index contributed by atoms with van der Waals surface area (Å²) in [6.45, 7) is 6.52. The van der Waals surface area contributed by atoms with Crippen molar-refractivity contribution in [1.82, 2.24) is 14.8 Å². The van der Waals surface area contributed by atoms with Gasteiger partial charge in [-0.25, -0.2) is 0 Å². The Kier molecular flexibility index (Phi) is 5.97. The first-order chi connectivity index (χ1) is 14.1. The van der Waals surface area contributed by atoms with Crippen LogP contribution in [0.1, 0.15) is 33.9 Å². The molecule has 152 valence electrons. The first-order valence-corrected chi connectivity index (χ1v) is 10.3. The fourth-order valence-corrected chi connectivity index (χ4v) is 4.12. The first-order valence-electron chi connectivity index (χ1n) is 10.3. The molecule has 1 atom stereocenters. The molecule has 2 heterocycles. The van der Waals surface area contributed by atoms with Crippen LogP contribution in [0.2, 0.25) is 0 Å². The number of carbonyl (C=O) groups is 1. The highest BCUT2D eigenvalue weighted by Crippen LogP contribution is 2.23. The monoisotopic (exact) mass is 391 g/mol. The van der Waals surface area contributed by atoms with Crippen LogP contribution in [0, 0.1) is 6.92 Å². The van der Waals surface area contributed by atoms with E-state index in [1.54, 1.807) is 0 Å². The Bertz CT molecular complexity index is 974. The number of carbonyl (C=O) groups excluding carboxylic acids is 1. The topological polar surface area (TPSA) is 46.5 Å². The summed E-state index contributed by atoms with van der Waals surface area (Å²) >= 11 is 0.